The number of aromatic carboxylic acids is 1. The van der Waals surface area contributed by atoms with Gasteiger partial charge in [-0.25, -0.2) is 9.18 Å². The third-order valence-electron chi connectivity index (χ3n) is 2.38. The molecule has 2 aromatic rings. The van der Waals surface area contributed by atoms with Crippen LogP contribution in [0.4, 0.5) is 10.1 Å². The number of hydrogen-bond donors (Lipinski definition) is 2. The van der Waals surface area contributed by atoms with E-state index in [0.717, 1.165) is 0 Å². The van der Waals surface area contributed by atoms with E-state index in [4.69, 9.17) is 15.6 Å². The summed E-state index contributed by atoms with van der Waals surface area (Å²) in [5.41, 5.74) is 6.06. The smallest absolute Gasteiger partial charge is 0.335 e. The first kappa shape index (κ1) is 13.4. The van der Waals surface area contributed by atoms with Gasteiger partial charge < -0.3 is 15.6 Å². The van der Waals surface area contributed by atoms with Gasteiger partial charge in [-0.1, -0.05) is 0 Å². The second-order valence-electron chi connectivity index (χ2n) is 3.74. The van der Waals surface area contributed by atoms with Crippen LogP contribution in [0.1, 0.15) is 10.4 Å². The molecule has 98 valence electrons. The molecule has 0 amide bonds. The van der Waals surface area contributed by atoms with Gasteiger partial charge in [0, 0.05) is 0 Å². The summed E-state index contributed by atoms with van der Waals surface area (Å²) in [5.74, 6) is -0.939. The number of nitrogen functional groups attached to an aromatic ring is 1. The van der Waals surface area contributed by atoms with Gasteiger partial charge in [0.2, 0.25) is 0 Å². The summed E-state index contributed by atoms with van der Waals surface area (Å²) in [5, 5.41) is 8.89. The summed E-state index contributed by atoms with van der Waals surface area (Å²) in [6.45, 7) is 0. The van der Waals surface area contributed by atoms with Crippen molar-refractivity contribution in [1.29, 1.82) is 0 Å². The zero-order chi connectivity index (χ0) is 14.0. The average molecular weight is 326 g/mol. The van der Waals surface area contributed by atoms with E-state index in [9.17, 15) is 9.18 Å². The second kappa shape index (κ2) is 5.27. The molecular weight excluding hydrogens is 317 g/mol. The SMILES string of the molecule is Nc1ccc(C(=O)O)cc1Oc1ccc(F)c(Br)c1. The van der Waals surface area contributed by atoms with Gasteiger partial charge in [-0.3, -0.25) is 0 Å². The Kier molecular flexibility index (Phi) is 3.71. The molecule has 0 radical (unpaired) electrons. The van der Waals surface area contributed by atoms with Crippen LogP contribution < -0.4 is 10.5 Å². The van der Waals surface area contributed by atoms with Crippen molar-refractivity contribution in [3.63, 3.8) is 0 Å². The Morgan fingerprint density at radius 2 is 2.00 bits per heavy atom. The number of rotatable bonds is 3. The van der Waals surface area contributed by atoms with Crippen molar-refractivity contribution in [1.82, 2.24) is 0 Å². The predicted octanol–water partition coefficient (Wildman–Crippen LogP) is 3.66. The summed E-state index contributed by atoms with van der Waals surface area (Å²) in [6.07, 6.45) is 0. The lowest BCUT2D eigenvalue weighted by Crippen LogP contribution is -1.99. The van der Waals surface area contributed by atoms with Crippen LogP contribution in [0.25, 0.3) is 0 Å². The van der Waals surface area contributed by atoms with Gasteiger partial charge in [-0.15, -0.1) is 0 Å². The van der Waals surface area contributed by atoms with Crippen LogP contribution in [0.2, 0.25) is 0 Å². The standard InChI is InChI=1S/C13H9BrFNO3/c14-9-6-8(2-3-10(9)15)19-12-5-7(13(17)18)1-4-11(12)16/h1-6H,16H2,(H,17,18). The zero-order valence-corrected chi connectivity index (χ0v) is 11.1. The first-order chi connectivity index (χ1) is 8.97. The molecular formula is C13H9BrFNO3. The van der Waals surface area contributed by atoms with Gasteiger partial charge in [-0.2, -0.15) is 0 Å². The van der Waals surface area contributed by atoms with E-state index < -0.39 is 11.8 Å². The number of nitrogens with two attached hydrogens (primary N) is 1. The van der Waals surface area contributed by atoms with E-state index in [1.807, 2.05) is 0 Å². The molecule has 0 atom stereocenters. The molecule has 0 bridgehead atoms. The molecule has 2 aromatic carbocycles. The van der Waals surface area contributed by atoms with Crippen LogP contribution in [0.15, 0.2) is 40.9 Å². The van der Waals surface area contributed by atoms with E-state index in [-0.39, 0.29) is 15.8 Å². The fraction of sp³-hybridized carbons (Fsp3) is 0. The normalized spacial score (nSPS) is 10.2. The highest BCUT2D eigenvalue weighted by Gasteiger charge is 2.09. The van der Waals surface area contributed by atoms with Crippen LogP contribution in [0.5, 0.6) is 11.5 Å². The Bertz CT molecular complexity index is 646. The van der Waals surface area contributed by atoms with E-state index >= 15 is 0 Å². The molecule has 0 saturated heterocycles. The molecule has 6 heteroatoms. The van der Waals surface area contributed by atoms with E-state index in [0.29, 0.717) is 11.4 Å². The van der Waals surface area contributed by atoms with Crippen molar-refractivity contribution in [3.8, 4) is 11.5 Å². The molecule has 19 heavy (non-hydrogen) atoms. The maximum atomic E-state index is 13.1. The molecule has 0 aliphatic rings. The summed E-state index contributed by atoms with van der Waals surface area (Å²) >= 11 is 3.04. The van der Waals surface area contributed by atoms with Crippen LogP contribution in [-0.2, 0) is 0 Å². The quantitative estimate of drug-likeness (QED) is 0.844. The van der Waals surface area contributed by atoms with Crippen LogP contribution >= 0.6 is 15.9 Å². The molecule has 0 aromatic heterocycles. The Morgan fingerprint density at radius 3 is 2.63 bits per heavy atom. The van der Waals surface area contributed by atoms with Gasteiger partial charge >= 0.3 is 5.97 Å². The minimum atomic E-state index is -1.08. The molecule has 2 rings (SSSR count). The second-order valence-corrected chi connectivity index (χ2v) is 4.59. The minimum Gasteiger partial charge on any atom is -0.478 e. The average Bonchev–Trinajstić information content (AvgIpc) is 2.36. The Hall–Kier alpha value is -2.08. The number of halogens is 2. The molecule has 0 saturated carbocycles. The van der Waals surface area contributed by atoms with Gasteiger partial charge in [0.25, 0.3) is 0 Å². The molecule has 0 spiro atoms. The van der Waals surface area contributed by atoms with Crippen molar-refractivity contribution in [2.24, 2.45) is 0 Å². The number of ether oxygens (including phenoxy) is 1. The predicted molar refractivity (Wildman–Crippen MR) is 72.0 cm³/mol. The van der Waals surface area contributed by atoms with Crippen LogP contribution in [-0.4, -0.2) is 11.1 Å². The maximum Gasteiger partial charge on any atom is 0.335 e. The molecule has 3 N–H and O–H groups in total. The Morgan fingerprint density at radius 1 is 1.26 bits per heavy atom. The molecule has 0 heterocycles. The van der Waals surface area contributed by atoms with Gasteiger partial charge in [-0.05, 0) is 52.3 Å². The van der Waals surface area contributed by atoms with Crippen molar-refractivity contribution >= 4 is 27.6 Å². The first-order valence-corrected chi connectivity index (χ1v) is 6.02. The van der Waals surface area contributed by atoms with Crippen molar-refractivity contribution in [3.05, 3.63) is 52.3 Å². The molecule has 0 unspecified atom stereocenters. The maximum absolute atomic E-state index is 13.1. The minimum absolute atomic E-state index is 0.0605. The number of anilines is 1. The fourth-order valence-electron chi connectivity index (χ4n) is 1.42. The number of carboxylic acid groups (broad SMARTS) is 1. The van der Waals surface area contributed by atoms with E-state index in [1.165, 1.54) is 36.4 Å². The zero-order valence-electron chi connectivity index (χ0n) is 9.56. The topological polar surface area (TPSA) is 72.6 Å². The largest absolute Gasteiger partial charge is 0.478 e. The molecule has 0 aliphatic heterocycles. The van der Waals surface area contributed by atoms with Crippen LogP contribution in [0, 0.1) is 5.82 Å². The molecule has 4 nitrogen and oxygen atoms in total. The molecule has 0 fully saturated rings. The highest BCUT2D eigenvalue weighted by atomic mass is 79.9. The third-order valence-corrected chi connectivity index (χ3v) is 2.99. The molecule has 0 aliphatic carbocycles. The third kappa shape index (κ3) is 3.03. The van der Waals surface area contributed by atoms with E-state index in [1.54, 1.807) is 0 Å². The lowest BCUT2D eigenvalue weighted by Gasteiger charge is -2.09. The number of benzene rings is 2. The van der Waals surface area contributed by atoms with E-state index in [2.05, 4.69) is 15.9 Å². The number of carboxylic acids is 1. The Balaban J connectivity index is 2.34. The number of hydrogen-bond acceptors (Lipinski definition) is 3. The van der Waals surface area contributed by atoms with Crippen molar-refractivity contribution in [2.75, 3.05) is 5.73 Å². The lowest BCUT2D eigenvalue weighted by molar-refractivity contribution is 0.0696. The first-order valence-electron chi connectivity index (χ1n) is 5.23. The van der Waals surface area contributed by atoms with Crippen molar-refractivity contribution < 1.29 is 19.0 Å². The fourth-order valence-corrected chi connectivity index (χ4v) is 1.78. The monoisotopic (exact) mass is 325 g/mol. The summed E-state index contributed by atoms with van der Waals surface area (Å²) in [7, 11) is 0. The van der Waals surface area contributed by atoms with Gasteiger partial charge in [0.05, 0.1) is 15.7 Å². The number of carbonyl (C=O) groups is 1. The highest BCUT2D eigenvalue weighted by molar-refractivity contribution is 9.10. The highest BCUT2D eigenvalue weighted by Crippen LogP contribution is 2.30. The van der Waals surface area contributed by atoms with Gasteiger partial charge in [0.1, 0.15) is 11.6 Å². The summed E-state index contributed by atoms with van der Waals surface area (Å²) < 4.78 is 18.8. The van der Waals surface area contributed by atoms with Crippen molar-refractivity contribution in [2.45, 2.75) is 0 Å². The van der Waals surface area contributed by atoms with Crippen LogP contribution in [0.3, 0.4) is 0 Å². The summed E-state index contributed by atoms with van der Waals surface area (Å²) in [4.78, 5) is 10.9. The Labute approximate surface area is 116 Å². The van der Waals surface area contributed by atoms with Gasteiger partial charge in [0.15, 0.2) is 5.75 Å². The lowest BCUT2D eigenvalue weighted by atomic mass is 10.2. The summed E-state index contributed by atoms with van der Waals surface area (Å²) in [6, 6.07) is 8.23.